The monoisotopic (exact) mass is 235 g/mol. The molecule has 1 amide bonds. The second-order valence-corrected chi connectivity index (χ2v) is 4.36. The van der Waals surface area contributed by atoms with Crippen molar-refractivity contribution in [3.05, 3.63) is 23.0 Å². The molecule has 0 fully saturated rings. The van der Waals surface area contributed by atoms with Crippen LogP contribution < -0.4 is 5.32 Å². The minimum atomic E-state index is -0.0537. The fourth-order valence-electron chi connectivity index (χ4n) is 1.58. The Morgan fingerprint density at radius 2 is 2.18 bits per heavy atom. The van der Waals surface area contributed by atoms with Crippen LogP contribution >= 0.6 is 0 Å². The summed E-state index contributed by atoms with van der Waals surface area (Å²) in [6, 6.07) is 0.211. The molecule has 0 aromatic carbocycles. The fraction of sp³-hybridized carbons (Fsp3) is 0.538. The molecule has 0 bridgehead atoms. The number of rotatable bonds is 4. The topological polar surface area (TPSA) is 46.9 Å². The quantitative estimate of drug-likeness (QED) is 0.811. The van der Waals surface area contributed by atoms with Crippen LogP contribution in [0, 0.1) is 13.8 Å². The van der Waals surface area contributed by atoms with Crippen molar-refractivity contribution in [2.75, 3.05) is 0 Å². The summed E-state index contributed by atoms with van der Waals surface area (Å²) in [6.07, 6.45) is 4.34. The first-order valence-corrected chi connectivity index (χ1v) is 5.94. The number of carbonyl (C=O) groups is 1. The van der Waals surface area contributed by atoms with E-state index in [-0.39, 0.29) is 11.9 Å². The Hall–Kier alpha value is -1.58. The van der Waals surface area contributed by atoms with Gasteiger partial charge >= 0.3 is 0 Å². The lowest BCUT2D eigenvalue weighted by molar-refractivity contribution is -0.117. The lowest BCUT2D eigenvalue weighted by Crippen LogP contribution is -2.30. The zero-order valence-electron chi connectivity index (χ0n) is 11.2. The summed E-state index contributed by atoms with van der Waals surface area (Å²) in [4.78, 5) is 11.6. The SMILES string of the molecule is CC[C@@H](C)NC(=O)/C=C\c1c(C)nn(C)c1C. The number of hydrogen-bond acceptors (Lipinski definition) is 2. The van der Waals surface area contributed by atoms with Gasteiger partial charge in [-0.25, -0.2) is 0 Å². The van der Waals surface area contributed by atoms with Crippen LogP contribution in [0.3, 0.4) is 0 Å². The Morgan fingerprint density at radius 3 is 2.65 bits per heavy atom. The first kappa shape index (κ1) is 13.5. The molecule has 0 saturated carbocycles. The highest BCUT2D eigenvalue weighted by Crippen LogP contribution is 2.13. The summed E-state index contributed by atoms with van der Waals surface area (Å²) < 4.78 is 1.82. The maximum absolute atomic E-state index is 11.6. The Morgan fingerprint density at radius 1 is 1.53 bits per heavy atom. The van der Waals surface area contributed by atoms with Gasteiger partial charge in [0.1, 0.15) is 0 Å². The van der Waals surface area contributed by atoms with Crippen molar-refractivity contribution in [3.8, 4) is 0 Å². The molecule has 94 valence electrons. The van der Waals surface area contributed by atoms with Crippen LogP contribution in [0.2, 0.25) is 0 Å². The zero-order valence-corrected chi connectivity index (χ0v) is 11.2. The zero-order chi connectivity index (χ0) is 13.0. The Labute approximate surface area is 103 Å². The minimum absolute atomic E-state index is 0.0537. The molecule has 0 unspecified atom stereocenters. The van der Waals surface area contributed by atoms with Gasteiger partial charge in [0.25, 0.3) is 0 Å². The average molecular weight is 235 g/mol. The van der Waals surface area contributed by atoms with E-state index in [2.05, 4.69) is 10.4 Å². The molecule has 1 heterocycles. The lowest BCUT2D eigenvalue weighted by Gasteiger charge is -2.08. The standard InChI is InChI=1S/C13H21N3O/c1-6-9(2)14-13(17)8-7-12-10(3)15-16(5)11(12)4/h7-9H,6H2,1-5H3,(H,14,17)/b8-7-/t9-/m1/s1. The molecule has 1 aromatic heterocycles. The third-order valence-electron chi connectivity index (χ3n) is 2.97. The molecule has 4 nitrogen and oxygen atoms in total. The highest BCUT2D eigenvalue weighted by Gasteiger charge is 2.07. The fourth-order valence-corrected chi connectivity index (χ4v) is 1.58. The molecule has 0 aliphatic heterocycles. The Bertz CT molecular complexity index is 432. The van der Waals surface area contributed by atoms with Crippen molar-refractivity contribution in [2.45, 2.75) is 40.2 Å². The van der Waals surface area contributed by atoms with Crippen molar-refractivity contribution < 1.29 is 4.79 Å². The second kappa shape index (κ2) is 5.66. The number of hydrogen-bond donors (Lipinski definition) is 1. The maximum atomic E-state index is 11.6. The summed E-state index contributed by atoms with van der Waals surface area (Å²) in [5.41, 5.74) is 3.03. The van der Waals surface area contributed by atoms with Crippen molar-refractivity contribution in [1.29, 1.82) is 0 Å². The summed E-state index contributed by atoms with van der Waals surface area (Å²) in [6.45, 7) is 7.97. The van der Waals surface area contributed by atoms with E-state index < -0.39 is 0 Å². The normalized spacial score (nSPS) is 13.0. The third kappa shape index (κ3) is 3.44. The molecule has 1 rings (SSSR count). The van der Waals surface area contributed by atoms with E-state index in [9.17, 15) is 4.79 Å². The first-order chi connectivity index (χ1) is 7.95. The molecule has 1 aromatic rings. The third-order valence-corrected chi connectivity index (χ3v) is 2.97. The molecular weight excluding hydrogens is 214 g/mol. The minimum Gasteiger partial charge on any atom is -0.350 e. The second-order valence-electron chi connectivity index (χ2n) is 4.36. The molecule has 4 heteroatoms. The van der Waals surface area contributed by atoms with Gasteiger partial charge in [0, 0.05) is 30.4 Å². The van der Waals surface area contributed by atoms with E-state index in [1.54, 1.807) is 6.08 Å². The van der Waals surface area contributed by atoms with Gasteiger partial charge in [-0.2, -0.15) is 5.10 Å². The molecule has 0 aliphatic rings. The van der Waals surface area contributed by atoms with Gasteiger partial charge in [-0.15, -0.1) is 0 Å². The van der Waals surface area contributed by atoms with E-state index in [4.69, 9.17) is 0 Å². The van der Waals surface area contributed by atoms with E-state index in [1.807, 2.05) is 45.5 Å². The van der Waals surface area contributed by atoms with Gasteiger partial charge in [-0.1, -0.05) is 6.92 Å². The molecule has 1 atom stereocenters. The van der Waals surface area contributed by atoms with E-state index in [0.717, 1.165) is 23.4 Å². The molecular formula is C13H21N3O. The van der Waals surface area contributed by atoms with Crippen LogP contribution in [0.25, 0.3) is 6.08 Å². The Balaban J connectivity index is 2.74. The summed E-state index contributed by atoms with van der Waals surface area (Å²) in [5, 5.41) is 7.19. The number of nitrogens with one attached hydrogen (secondary N) is 1. The van der Waals surface area contributed by atoms with Crippen molar-refractivity contribution in [2.24, 2.45) is 7.05 Å². The van der Waals surface area contributed by atoms with Gasteiger partial charge in [0.15, 0.2) is 0 Å². The molecule has 0 spiro atoms. The number of amides is 1. The maximum Gasteiger partial charge on any atom is 0.244 e. The van der Waals surface area contributed by atoms with E-state index in [1.165, 1.54) is 0 Å². The van der Waals surface area contributed by atoms with Crippen LogP contribution in [0.4, 0.5) is 0 Å². The first-order valence-electron chi connectivity index (χ1n) is 5.94. The van der Waals surface area contributed by atoms with Crippen molar-refractivity contribution in [3.63, 3.8) is 0 Å². The lowest BCUT2D eigenvalue weighted by atomic mass is 10.2. The Kier molecular flexibility index (Phi) is 4.49. The summed E-state index contributed by atoms with van der Waals surface area (Å²) in [5.74, 6) is -0.0537. The van der Waals surface area contributed by atoms with Crippen LogP contribution in [0.15, 0.2) is 6.08 Å². The molecule has 17 heavy (non-hydrogen) atoms. The van der Waals surface area contributed by atoms with Crippen LogP contribution in [-0.2, 0) is 11.8 Å². The van der Waals surface area contributed by atoms with Gasteiger partial charge < -0.3 is 5.32 Å². The van der Waals surface area contributed by atoms with Crippen LogP contribution in [0.5, 0.6) is 0 Å². The predicted octanol–water partition coefficient (Wildman–Crippen LogP) is 1.96. The van der Waals surface area contributed by atoms with Crippen molar-refractivity contribution in [1.82, 2.24) is 15.1 Å². The van der Waals surface area contributed by atoms with Gasteiger partial charge in [-0.3, -0.25) is 9.48 Å². The molecule has 0 aliphatic carbocycles. The number of carbonyl (C=O) groups excluding carboxylic acids is 1. The van der Waals surface area contributed by atoms with Crippen molar-refractivity contribution >= 4 is 12.0 Å². The summed E-state index contributed by atoms with van der Waals surface area (Å²) in [7, 11) is 1.90. The smallest absolute Gasteiger partial charge is 0.244 e. The molecule has 1 N–H and O–H groups in total. The molecule has 0 saturated heterocycles. The van der Waals surface area contributed by atoms with Crippen LogP contribution in [0.1, 0.15) is 37.2 Å². The summed E-state index contributed by atoms with van der Waals surface area (Å²) >= 11 is 0. The number of nitrogens with zero attached hydrogens (tertiary/aromatic N) is 2. The molecule has 0 radical (unpaired) electrons. The predicted molar refractivity (Wildman–Crippen MR) is 69.6 cm³/mol. The van der Waals surface area contributed by atoms with Gasteiger partial charge in [-0.05, 0) is 33.3 Å². The van der Waals surface area contributed by atoms with E-state index in [0.29, 0.717) is 0 Å². The number of aryl methyl sites for hydroxylation is 2. The van der Waals surface area contributed by atoms with E-state index >= 15 is 0 Å². The van der Waals surface area contributed by atoms with Crippen LogP contribution in [-0.4, -0.2) is 21.7 Å². The van der Waals surface area contributed by atoms with Gasteiger partial charge in [0.2, 0.25) is 5.91 Å². The number of aromatic nitrogens is 2. The average Bonchev–Trinajstić information content (AvgIpc) is 2.51. The highest BCUT2D eigenvalue weighted by molar-refractivity contribution is 5.92. The largest absolute Gasteiger partial charge is 0.350 e. The van der Waals surface area contributed by atoms with Gasteiger partial charge in [0.05, 0.1) is 5.69 Å². The highest BCUT2D eigenvalue weighted by atomic mass is 16.1.